The molecule has 0 amide bonds. The highest BCUT2D eigenvalue weighted by molar-refractivity contribution is 5.34. The summed E-state index contributed by atoms with van der Waals surface area (Å²) in [6, 6.07) is 3.45. The largest absolute Gasteiger partial charge is 0.271 e. The maximum atomic E-state index is 13.8. The van der Waals surface area contributed by atoms with Crippen LogP contribution < -0.4 is 11.3 Å². The first kappa shape index (κ1) is 12.1. The fourth-order valence-corrected chi connectivity index (χ4v) is 1.97. The molecule has 1 aromatic rings. The summed E-state index contributed by atoms with van der Waals surface area (Å²) in [6.45, 7) is 5.88. The van der Waals surface area contributed by atoms with E-state index in [-0.39, 0.29) is 11.9 Å². The van der Waals surface area contributed by atoms with Crippen LogP contribution in [0.25, 0.3) is 0 Å². The van der Waals surface area contributed by atoms with Crippen LogP contribution in [0.2, 0.25) is 0 Å². The van der Waals surface area contributed by atoms with Crippen LogP contribution in [0.1, 0.15) is 42.5 Å². The molecule has 0 aromatic heterocycles. The van der Waals surface area contributed by atoms with Gasteiger partial charge in [-0.2, -0.15) is 0 Å². The van der Waals surface area contributed by atoms with Crippen molar-refractivity contribution in [1.82, 2.24) is 5.43 Å². The van der Waals surface area contributed by atoms with Gasteiger partial charge >= 0.3 is 0 Å². The number of hydrogen-bond donors (Lipinski definition) is 2. The summed E-state index contributed by atoms with van der Waals surface area (Å²) >= 11 is 0. The lowest BCUT2D eigenvalue weighted by atomic mass is 9.96. The van der Waals surface area contributed by atoms with Crippen molar-refractivity contribution in [3.8, 4) is 0 Å². The summed E-state index contributed by atoms with van der Waals surface area (Å²) < 4.78 is 13.8. The average molecular weight is 210 g/mol. The van der Waals surface area contributed by atoms with Crippen molar-refractivity contribution in [2.45, 2.75) is 39.7 Å². The van der Waals surface area contributed by atoms with E-state index in [1.54, 1.807) is 6.07 Å². The molecule has 3 heteroatoms. The lowest BCUT2D eigenvalue weighted by molar-refractivity contribution is 0.478. The van der Waals surface area contributed by atoms with Crippen molar-refractivity contribution >= 4 is 0 Å². The summed E-state index contributed by atoms with van der Waals surface area (Å²) in [6.07, 6.45) is 1.82. The van der Waals surface area contributed by atoms with Gasteiger partial charge in [-0.25, -0.2) is 4.39 Å². The first-order chi connectivity index (χ1) is 7.10. The van der Waals surface area contributed by atoms with Crippen LogP contribution in [0.3, 0.4) is 0 Å². The van der Waals surface area contributed by atoms with E-state index in [1.807, 2.05) is 19.9 Å². The highest BCUT2D eigenvalue weighted by Gasteiger charge is 2.16. The molecule has 0 saturated carbocycles. The minimum absolute atomic E-state index is 0.0874. The Labute approximate surface area is 90.6 Å². The number of nitrogens with one attached hydrogen (secondary N) is 1. The monoisotopic (exact) mass is 210 g/mol. The number of hydrazine groups is 1. The molecule has 1 atom stereocenters. The van der Waals surface area contributed by atoms with E-state index < -0.39 is 0 Å². The molecule has 0 saturated heterocycles. The highest BCUT2D eigenvalue weighted by Crippen LogP contribution is 2.25. The Morgan fingerprint density at radius 3 is 2.53 bits per heavy atom. The summed E-state index contributed by atoms with van der Waals surface area (Å²) in [7, 11) is 0. The molecule has 1 aromatic carbocycles. The molecule has 0 aliphatic carbocycles. The number of rotatable bonds is 4. The quantitative estimate of drug-likeness (QED) is 0.592. The molecule has 1 unspecified atom stereocenters. The fraction of sp³-hybridized carbons (Fsp3) is 0.500. The van der Waals surface area contributed by atoms with Gasteiger partial charge in [-0.15, -0.1) is 0 Å². The fourth-order valence-electron chi connectivity index (χ4n) is 1.97. The number of halogens is 1. The van der Waals surface area contributed by atoms with Crippen molar-refractivity contribution in [2.24, 2.45) is 5.84 Å². The Morgan fingerprint density at radius 1 is 1.40 bits per heavy atom. The second-order valence-corrected chi connectivity index (χ2v) is 3.99. The lowest BCUT2D eigenvalue weighted by Gasteiger charge is -2.19. The first-order valence-corrected chi connectivity index (χ1v) is 5.33. The SMILES string of the molecule is CCCC(NN)c1c(C)cc(C)cc1F. The maximum absolute atomic E-state index is 13.8. The van der Waals surface area contributed by atoms with E-state index in [2.05, 4.69) is 12.3 Å². The van der Waals surface area contributed by atoms with Crippen LogP contribution in [-0.2, 0) is 0 Å². The minimum atomic E-state index is -0.163. The topological polar surface area (TPSA) is 38.0 Å². The van der Waals surface area contributed by atoms with E-state index in [0.717, 1.165) is 24.0 Å². The van der Waals surface area contributed by atoms with Crippen LogP contribution in [0.15, 0.2) is 12.1 Å². The molecular formula is C12H19FN2. The van der Waals surface area contributed by atoms with E-state index in [4.69, 9.17) is 5.84 Å². The Balaban J connectivity index is 3.11. The van der Waals surface area contributed by atoms with Crippen molar-refractivity contribution in [2.75, 3.05) is 0 Å². The molecule has 0 aliphatic rings. The van der Waals surface area contributed by atoms with Gasteiger partial charge in [0.25, 0.3) is 0 Å². The van der Waals surface area contributed by atoms with Gasteiger partial charge in [-0.05, 0) is 37.5 Å². The molecule has 0 aliphatic heterocycles. The molecule has 84 valence electrons. The van der Waals surface area contributed by atoms with E-state index in [9.17, 15) is 4.39 Å². The van der Waals surface area contributed by atoms with Crippen LogP contribution in [0.4, 0.5) is 4.39 Å². The third-order valence-corrected chi connectivity index (χ3v) is 2.61. The second kappa shape index (κ2) is 5.24. The van der Waals surface area contributed by atoms with Gasteiger partial charge in [0.2, 0.25) is 0 Å². The van der Waals surface area contributed by atoms with Gasteiger partial charge in [0.1, 0.15) is 5.82 Å². The molecule has 1 rings (SSSR count). The van der Waals surface area contributed by atoms with Crippen molar-refractivity contribution in [3.05, 3.63) is 34.6 Å². The number of aryl methyl sites for hydroxylation is 2. The summed E-state index contributed by atoms with van der Waals surface area (Å²) in [5.41, 5.74) is 5.29. The van der Waals surface area contributed by atoms with Crippen molar-refractivity contribution in [3.63, 3.8) is 0 Å². The molecule has 0 radical (unpaired) electrons. The van der Waals surface area contributed by atoms with Crippen LogP contribution in [-0.4, -0.2) is 0 Å². The van der Waals surface area contributed by atoms with Gasteiger partial charge in [0, 0.05) is 11.6 Å². The molecule has 0 spiro atoms. The minimum Gasteiger partial charge on any atom is -0.271 e. The predicted molar refractivity (Wildman–Crippen MR) is 60.8 cm³/mol. The highest BCUT2D eigenvalue weighted by atomic mass is 19.1. The summed E-state index contributed by atoms with van der Waals surface area (Å²) in [5, 5.41) is 0. The van der Waals surface area contributed by atoms with Crippen LogP contribution in [0, 0.1) is 19.7 Å². The smallest absolute Gasteiger partial charge is 0.128 e. The van der Waals surface area contributed by atoms with Gasteiger partial charge in [0.05, 0.1) is 0 Å². The standard InChI is InChI=1S/C12H19FN2/c1-4-5-11(15-14)12-9(3)6-8(2)7-10(12)13/h6-7,11,15H,4-5,14H2,1-3H3. The van der Waals surface area contributed by atoms with E-state index >= 15 is 0 Å². The third-order valence-electron chi connectivity index (χ3n) is 2.61. The Bertz CT molecular complexity index is 313. The van der Waals surface area contributed by atoms with Gasteiger partial charge in [-0.3, -0.25) is 11.3 Å². The Hall–Kier alpha value is -0.930. The molecule has 0 heterocycles. The molecular weight excluding hydrogens is 191 g/mol. The molecule has 15 heavy (non-hydrogen) atoms. The number of nitrogens with two attached hydrogens (primary N) is 1. The van der Waals surface area contributed by atoms with Gasteiger partial charge in [-0.1, -0.05) is 19.4 Å². The number of hydrogen-bond acceptors (Lipinski definition) is 2. The maximum Gasteiger partial charge on any atom is 0.128 e. The zero-order valence-corrected chi connectivity index (χ0v) is 9.60. The average Bonchev–Trinajstić information content (AvgIpc) is 2.14. The third kappa shape index (κ3) is 2.76. The summed E-state index contributed by atoms with van der Waals surface area (Å²) in [5.74, 6) is 5.29. The second-order valence-electron chi connectivity index (χ2n) is 3.99. The zero-order valence-electron chi connectivity index (χ0n) is 9.60. The molecule has 0 bridgehead atoms. The summed E-state index contributed by atoms with van der Waals surface area (Å²) in [4.78, 5) is 0. The molecule has 3 N–H and O–H groups in total. The molecule has 2 nitrogen and oxygen atoms in total. The van der Waals surface area contributed by atoms with Gasteiger partial charge < -0.3 is 0 Å². The Kier molecular flexibility index (Phi) is 4.24. The lowest BCUT2D eigenvalue weighted by Crippen LogP contribution is -2.29. The zero-order chi connectivity index (χ0) is 11.4. The van der Waals surface area contributed by atoms with Crippen molar-refractivity contribution in [1.29, 1.82) is 0 Å². The van der Waals surface area contributed by atoms with Gasteiger partial charge in [0.15, 0.2) is 0 Å². The van der Waals surface area contributed by atoms with E-state index in [0.29, 0.717) is 5.56 Å². The molecule has 0 fully saturated rings. The van der Waals surface area contributed by atoms with E-state index in [1.165, 1.54) is 0 Å². The normalized spacial score (nSPS) is 12.9. The Morgan fingerprint density at radius 2 is 2.07 bits per heavy atom. The van der Waals surface area contributed by atoms with Crippen LogP contribution >= 0.6 is 0 Å². The predicted octanol–water partition coefficient (Wildman–Crippen LogP) is 2.75. The first-order valence-electron chi connectivity index (χ1n) is 5.33. The number of benzene rings is 1. The van der Waals surface area contributed by atoms with Crippen LogP contribution in [0.5, 0.6) is 0 Å². The van der Waals surface area contributed by atoms with Crippen molar-refractivity contribution < 1.29 is 4.39 Å².